The molecule has 0 saturated carbocycles. The zero-order chi connectivity index (χ0) is 49.2. The summed E-state index contributed by atoms with van der Waals surface area (Å²) in [6.45, 7) is 17.0. The number of unbranched alkanes of at least 4 members (excludes halogenated alkanes) is 2. The minimum Gasteiger partial charge on any atom is -0.480 e. The number of nitrogens with zero attached hydrogens (tertiary/aromatic N) is 2. The van der Waals surface area contributed by atoms with Crippen LogP contribution in [0.4, 0.5) is 4.79 Å². The number of benzene rings is 2. The number of amides is 5. The summed E-state index contributed by atoms with van der Waals surface area (Å²) in [4.78, 5) is 83.7. The molecule has 1 saturated heterocycles. The molecule has 0 radical (unpaired) electrons. The van der Waals surface area contributed by atoms with E-state index >= 15 is 0 Å². The topological polar surface area (TPSA) is 242 Å². The van der Waals surface area contributed by atoms with E-state index in [0.29, 0.717) is 25.8 Å². The molecule has 1 fully saturated rings. The Morgan fingerprint density at radius 3 is 1.92 bits per heavy atom. The number of carboxylic acids is 1. The van der Waals surface area contributed by atoms with Crippen LogP contribution in [0.2, 0.25) is 0 Å². The smallest absolute Gasteiger partial charge is 0.407 e. The first-order chi connectivity index (χ1) is 30.9. The third-order valence-electron chi connectivity index (χ3n) is 11.1. The molecule has 8 N–H and O–H groups in total. The Morgan fingerprint density at radius 2 is 1.36 bits per heavy atom. The normalized spacial score (nSPS) is 16.3. The first-order valence-corrected chi connectivity index (χ1v) is 23.2. The van der Waals surface area contributed by atoms with Crippen LogP contribution in [0, 0.1) is 5.92 Å². The van der Waals surface area contributed by atoms with Gasteiger partial charge < -0.3 is 51.6 Å². The second-order valence-electron chi connectivity index (χ2n) is 19.9. The second kappa shape index (κ2) is 25.7. The van der Waals surface area contributed by atoms with Crippen LogP contribution in [0.5, 0.6) is 0 Å². The Morgan fingerprint density at radius 1 is 0.788 bits per heavy atom. The fourth-order valence-corrected chi connectivity index (χ4v) is 7.57. The molecule has 2 aromatic carbocycles. The summed E-state index contributed by atoms with van der Waals surface area (Å²) in [5.41, 5.74) is 5.03. The van der Waals surface area contributed by atoms with Crippen LogP contribution in [0.15, 0.2) is 60.7 Å². The minimum atomic E-state index is -1.46. The molecule has 0 aliphatic carbocycles. The predicted molar refractivity (Wildman–Crippen MR) is 252 cm³/mol. The van der Waals surface area contributed by atoms with E-state index in [1.165, 1.54) is 9.80 Å². The van der Waals surface area contributed by atoms with E-state index in [4.69, 9.17) is 15.2 Å². The van der Waals surface area contributed by atoms with Crippen molar-refractivity contribution in [2.24, 2.45) is 11.7 Å². The molecule has 5 amide bonds. The first-order valence-electron chi connectivity index (χ1n) is 23.2. The summed E-state index contributed by atoms with van der Waals surface area (Å²) in [7, 11) is 0. The van der Waals surface area contributed by atoms with Gasteiger partial charge in [0.1, 0.15) is 29.3 Å². The van der Waals surface area contributed by atoms with Crippen LogP contribution in [0.3, 0.4) is 0 Å². The molecule has 17 heteroatoms. The maximum atomic E-state index is 14.4. The number of piperidine rings is 1. The highest BCUT2D eigenvalue weighted by Gasteiger charge is 2.41. The largest absolute Gasteiger partial charge is 0.480 e. The SMILES string of the molecule is CC(C)C[C@@H](NC(=O)[C@@H](Cc1ccccc1)NC(=O)CN(C[C@H](C)c1ccccc1)C(O)OC(C)(C)C)C(=O)N[C@H](CCCCCNC(=O)OC(C)(C)C)C(=O)N1CCC(N)(C(=O)O)CC1. The number of nitrogens with one attached hydrogen (secondary N) is 4. The fourth-order valence-electron chi connectivity index (χ4n) is 7.57. The van der Waals surface area contributed by atoms with Gasteiger partial charge in [0.15, 0.2) is 0 Å². The second-order valence-corrected chi connectivity index (χ2v) is 19.9. The maximum Gasteiger partial charge on any atom is 0.407 e. The van der Waals surface area contributed by atoms with Crippen LogP contribution in [0.25, 0.3) is 0 Å². The van der Waals surface area contributed by atoms with Crippen molar-refractivity contribution in [3.63, 3.8) is 0 Å². The summed E-state index contributed by atoms with van der Waals surface area (Å²) in [6.07, 6.45) is 0.332. The zero-order valence-corrected chi connectivity index (χ0v) is 40.6. The molecule has 1 heterocycles. The minimum absolute atomic E-state index is 0.0397. The van der Waals surface area contributed by atoms with E-state index in [2.05, 4.69) is 21.3 Å². The number of likely N-dealkylation sites (tertiary alicyclic amines) is 1. The average Bonchev–Trinajstić information content (AvgIpc) is 3.22. The number of carbonyl (C=O) groups excluding carboxylic acids is 5. The monoisotopic (exact) mass is 924 g/mol. The van der Waals surface area contributed by atoms with Crippen LogP contribution >= 0.6 is 0 Å². The van der Waals surface area contributed by atoms with Gasteiger partial charge in [0.25, 0.3) is 0 Å². The molecular formula is C49H77N7O10. The van der Waals surface area contributed by atoms with E-state index < -0.39 is 77.0 Å². The lowest BCUT2D eigenvalue weighted by atomic mass is 9.88. The van der Waals surface area contributed by atoms with Gasteiger partial charge in [-0.3, -0.25) is 24.0 Å². The van der Waals surface area contributed by atoms with Gasteiger partial charge >= 0.3 is 12.1 Å². The van der Waals surface area contributed by atoms with Crippen LogP contribution < -0.4 is 27.0 Å². The number of rotatable bonds is 24. The summed E-state index contributed by atoms with van der Waals surface area (Å²) >= 11 is 0. The molecule has 1 aliphatic rings. The average molecular weight is 924 g/mol. The maximum absolute atomic E-state index is 14.4. The summed E-state index contributed by atoms with van der Waals surface area (Å²) < 4.78 is 11.2. The number of carbonyl (C=O) groups is 6. The van der Waals surface area contributed by atoms with Gasteiger partial charge in [0.2, 0.25) is 30.0 Å². The number of aliphatic hydroxyl groups excluding tert-OH is 1. The number of aliphatic carboxylic acids is 1. The third kappa shape index (κ3) is 19.8. The van der Waals surface area contributed by atoms with Gasteiger partial charge in [-0.05, 0) is 96.6 Å². The van der Waals surface area contributed by atoms with E-state index in [9.17, 15) is 39.0 Å². The Labute approximate surface area is 391 Å². The van der Waals surface area contributed by atoms with Crippen molar-refractivity contribution in [3.8, 4) is 0 Å². The van der Waals surface area contributed by atoms with Crippen molar-refractivity contribution in [1.29, 1.82) is 0 Å². The summed E-state index contributed by atoms with van der Waals surface area (Å²) in [6, 6.07) is 15.6. The van der Waals surface area contributed by atoms with Crippen molar-refractivity contribution in [1.82, 2.24) is 31.1 Å². The van der Waals surface area contributed by atoms with Crippen molar-refractivity contribution in [2.75, 3.05) is 32.7 Å². The molecule has 1 aliphatic heterocycles. The van der Waals surface area contributed by atoms with Gasteiger partial charge in [-0.15, -0.1) is 0 Å². The van der Waals surface area contributed by atoms with Crippen LogP contribution in [-0.2, 0) is 39.9 Å². The van der Waals surface area contributed by atoms with Crippen LogP contribution in [0.1, 0.15) is 124 Å². The third-order valence-corrected chi connectivity index (χ3v) is 11.1. The highest BCUT2D eigenvalue weighted by molar-refractivity contribution is 5.94. The van der Waals surface area contributed by atoms with Crippen molar-refractivity contribution >= 4 is 35.7 Å². The van der Waals surface area contributed by atoms with Gasteiger partial charge in [-0.2, -0.15) is 0 Å². The number of carboxylic acid groups (broad SMARTS) is 1. The Hall–Kier alpha value is -5.10. The van der Waals surface area contributed by atoms with Crippen molar-refractivity contribution < 1.29 is 48.5 Å². The lowest BCUT2D eigenvalue weighted by Gasteiger charge is -2.38. The molecular weight excluding hydrogens is 847 g/mol. The Balaban J connectivity index is 1.82. The molecule has 0 bridgehead atoms. The highest BCUT2D eigenvalue weighted by atomic mass is 16.6. The predicted octanol–water partition coefficient (Wildman–Crippen LogP) is 4.42. The van der Waals surface area contributed by atoms with Gasteiger partial charge in [0, 0.05) is 32.6 Å². The van der Waals surface area contributed by atoms with Gasteiger partial charge in [-0.1, -0.05) is 94.3 Å². The first kappa shape index (κ1) is 55.2. The van der Waals surface area contributed by atoms with E-state index in [-0.39, 0.29) is 70.1 Å². The molecule has 17 nitrogen and oxygen atoms in total. The molecule has 0 aromatic heterocycles. The van der Waals surface area contributed by atoms with Crippen molar-refractivity contribution in [3.05, 3.63) is 71.8 Å². The summed E-state index contributed by atoms with van der Waals surface area (Å²) in [5.74, 6) is -3.47. The van der Waals surface area contributed by atoms with E-state index in [0.717, 1.165) is 11.1 Å². The molecule has 66 heavy (non-hydrogen) atoms. The number of hydrogen-bond donors (Lipinski definition) is 7. The zero-order valence-electron chi connectivity index (χ0n) is 40.6. The fraction of sp³-hybridized carbons (Fsp3) is 0.633. The van der Waals surface area contributed by atoms with E-state index in [1.807, 2.05) is 81.4 Å². The Bertz CT molecular complexity index is 1860. The number of nitrogens with two attached hydrogens (primary N) is 1. The number of alkyl carbamates (subject to hydrolysis) is 1. The number of aliphatic hydroxyl groups is 1. The van der Waals surface area contributed by atoms with Crippen LogP contribution in [-0.4, -0.2) is 130 Å². The summed E-state index contributed by atoms with van der Waals surface area (Å²) in [5, 5.41) is 32.3. The Kier molecular flexibility index (Phi) is 21.5. The molecule has 5 atom stereocenters. The standard InChI is InChI=1S/C49H77N7O10/c1-33(2)29-38(41(58)53-37(23-17-12-18-26-51-45(63)65-47(4,5)6)43(60)55-27-24-49(50,25-28-55)44(61)62)54-42(59)39(30-35-19-13-10-14-20-35)52-40(57)32-56(46(64)66-48(7,8)9)31-34(3)36-21-15-11-16-22-36/h10-11,13-16,19-22,33-34,37-39,46,64H,12,17-18,23-32,50H2,1-9H3,(H,51,63)(H,52,57)(H,53,58)(H,54,59)(H,61,62)/t34-,37+,38+,39+,46?/m0/s1. The molecule has 1 unspecified atom stereocenters. The number of ether oxygens (including phenoxy) is 2. The molecule has 2 aromatic rings. The molecule has 3 rings (SSSR count). The number of hydrogen-bond acceptors (Lipinski definition) is 11. The van der Waals surface area contributed by atoms with E-state index in [1.54, 1.807) is 41.5 Å². The lowest BCUT2D eigenvalue weighted by Crippen LogP contribution is -2.60. The van der Waals surface area contributed by atoms with Gasteiger partial charge in [0.05, 0.1) is 12.1 Å². The van der Waals surface area contributed by atoms with Gasteiger partial charge in [-0.25, -0.2) is 9.69 Å². The quantitative estimate of drug-likeness (QED) is 0.0572. The highest BCUT2D eigenvalue weighted by Crippen LogP contribution is 2.23. The molecule has 0 spiro atoms. The van der Waals surface area contributed by atoms with Crippen molar-refractivity contribution in [2.45, 2.75) is 161 Å². The lowest BCUT2D eigenvalue weighted by molar-refractivity contribution is -0.239. The molecule has 368 valence electrons.